The van der Waals surface area contributed by atoms with Crippen molar-refractivity contribution in [1.29, 1.82) is 0 Å². The van der Waals surface area contributed by atoms with Crippen LogP contribution in [-0.2, 0) is 28.8 Å². The summed E-state index contributed by atoms with van der Waals surface area (Å²) in [7, 11) is 0. The van der Waals surface area contributed by atoms with Crippen molar-refractivity contribution < 1.29 is 33.9 Å². The van der Waals surface area contributed by atoms with Gasteiger partial charge in [-0.05, 0) is 37.1 Å². The Morgan fingerprint density at radius 3 is 2.70 bits per heavy atom. The Balaban J connectivity index is 1.48. The Bertz CT molecular complexity index is 1020. The minimum Gasteiger partial charge on any atom is -0.477 e. The summed E-state index contributed by atoms with van der Waals surface area (Å²) in [6.07, 6.45) is 3.87. The first kappa shape index (κ1) is 23.3. The molecule has 2 amide bonds. The lowest BCUT2D eigenvalue weighted by atomic mass is 10.0. The first-order valence-electron chi connectivity index (χ1n) is 10.5. The molecule has 3 heterocycles. The molecule has 4 rings (SSSR count). The lowest BCUT2D eigenvalue weighted by Crippen LogP contribution is -2.71. The number of aliphatic carboxylic acids is 1. The first-order valence-corrected chi connectivity index (χ1v) is 12.4. The van der Waals surface area contributed by atoms with Gasteiger partial charge in [0.05, 0.1) is 4.88 Å². The van der Waals surface area contributed by atoms with Crippen LogP contribution in [0, 0.1) is 0 Å². The molecule has 1 aromatic heterocycles. The molecule has 0 unspecified atom stereocenters. The van der Waals surface area contributed by atoms with Crippen LogP contribution in [0.3, 0.4) is 0 Å². The van der Waals surface area contributed by atoms with Gasteiger partial charge in [-0.25, -0.2) is 4.79 Å². The van der Waals surface area contributed by atoms with E-state index in [4.69, 9.17) is 9.57 Å². The molecular weight excluding hydrogens is 470 g/mol. The predicted molar refractivity (Wildman–Crippen MR) is 121 cm³/mol. The molecule has 3 aliphatic rings. The molecule has 33 heavy (non-hydrogen) atoms. The largest absolute Gasteiger partial charge is 0.477 e. The number of rotatable bonds is 8. The zero-order valence-corrected chi connectivity index (χ0v) is 19.4. The number of hydrogen-bond acceptors (Lipinski definition) is 9. The van der Waals surface area contributed by atoms with E-state index in [1.807, 2.05) is 5.38 Å². The number of nitrogens with one attached hydrogen (secondary N) is 1. The highest BCUT2D eigenvalue weighted by Crippen LogP contribution is 2.40. The van der Waals surface area contributed by atoms with Crippen LogP contribution in [0.1, 0.15) is 37.5 Å². The van der Waals surface area contributed by atoms with Crippen molar-refractivity contribution >= 4 is 52.6 Å². The Morgan fingerprint density at radius 1 is 1.30 bits per heavy atom. The number of oxime groups is 1. The smallest absolute Gasteiger partial charge is 0.352 e. The number of carbonyl (C=O) groups is 4. The maximum atomic E-state index is 13.0. The number of ether oxygens (including phenoxy) is 1. The van der Waals surface area contributed by atoms with E-state index >= 15 is 0 Å². The number of nitrogens with zero attached hydrogens (tertiary/aromatic N) is 2. The van der Waals surface area contributed by atoms with E-state index in [9.17, 15) is 24.3 Å². The van der Waals surface area contributed by atoms with Crippen LogP contribution in [-0.4, -0.2) is 69.4 Å². The van der Waals surface area contributed by atoms with Gasteiger partial charge in [0.15, 0.2) is 5.71 Å². The standard InChI is InChI=1S/C21H23N3O7S2/c1-11(25)30-9-12-10-33-20-16(19(27)24(20)17(12)21(28)29)22-18(26)15(14-7-4-8-32-14)23-31-13-5-2-3-6-13/h4,7-8,13,16,20H,2-3,5-6,9-10H2,1H3,(H,22,26)(H,28,29)/t16-,20-/m1/s1. The van der Waals surface area contributed by atoms with Crippen LogP contribution in [0.25, 0.3) is 0 Å². The SMILES string of the molecule is CC(=O)OCC1=C(C(=O)O)N2C(=O)[C@@H](NC(=O)C(=NOC3CCCC3)c3cccs3)[C@H]2SC1. The van der Waals surface area contributed by atoms with Crippen molar-refractivity contribution in [3.63, 3.8) is 0 Å². The van der Waals surface area contributed by atoms with E-state index in [0.29, 0.717) is 10.5 Å². The van der Waals surface area contributed by atoms with Crippen molar-refractivity contribution in [3.8, 4) is 0 Å². The van der Waals surface area contributed by atoms with Gasteiger partial charge in [0, 0.05) is 18.2 Å². The van der Waals surface area contributed by atoms with Crippen LogP contribution in [0.5, 0.6) is 0 Å². The molecule has 1 aliphatic carbocycles. The normalized spacial score (nSPS) is 23.1. The summed E-state index contributed by atoms with van der Waals surface area (Å²) in [5.74, 6) is -2.67. The van der Waals surface area contributed by atoms with Crippen LogP contribution in [0.4, 0.5) is 0 Å². The topological polar surface area (TPSA) is 135 Å². The molecule has 10 nitrogen and oxygen atoms in total. The molecule has 1 saturated heterocycles. The zero-order valence-electron chi connectivity index (χ0n) is 17.8. The number of thiophene rings is 1. The maximum absolute atomic E-state index is 13.0. The maximum Gasteiger partial charge on any atom is 0.352 e. The Hall–Kier alpha value is -2.86. The quantitative estimate of drug-likeness (QED) is 0.242. The van der Waals surface area contributed by atoms with Gasteiger partial charge >= 0.3 is 11.9 Å². The third-order valence-electron chi connectivity index (χ3n) is 5.55. The van der Waals surface area contributed by atoms with E-state index in [1.165, 1.54) is 30.0 Å². The average Bonchev–Trinajstić information content (AvgIpc) is 3.50. The highest BCUT2D eigenvalue weighted by atomic mass is 32.2. The monoisotopic (exact) mass is 493 g/mol. The van der Waals surface area contributed by atoms with E-state index in [0.717, 1.165) is 30.6 Å². The summed E-state index contributed by atoms with van der Waals surface area (Å²) in [4.78, 5) is 56.2. The number of hydrogen-bond donors (Lipinski definition) is 2. The number of carboxylic acid groups (broad SMARTS) is 1. The molecule has 2 atom stereocenters. The van der Waals surface area contributed by atoms with Gasteiger partial charge in [-0.2, -0.15) is 0 Å². The number of carbonyl (C=O) groups excluding carboxylic acids is 3. The zero-order chi connectivity index (χ0) is 23.5. The second-order valence-electron chi connectivity index (χ2n) is 7.83. The second-order valence-corrected chi connectivity index (χ2v) is 9.88. The minimum atomic E-state index is -1.29. The molecule has 1 aromatic rings. The Morgan fingerprint density at radius 2 is 2.06 bits per heavy atom. The number of esters is 1. The molecule has 12 heteroatoms. The summed E-state index contributed by atoms with van der Waals surface area (Å²) >= 11 is 2.63. The van der Waals surface area contributed by atoms with Crippen molar-refractivity contribution in [2.24, 2.45) is 5.16 Å². The van der Waals surface area contributed by atoms with Gasteiger partial charge in [0.2, 0.25) is 0 Å². The van der Waals surface area contributed by atoms with Crippen molar-refractivity contribution in [2.75, 3.05) is 12.4 Å². The summed E-state index contributed by atoms with van der Waals surface area (Å²) in [5.41, 5.74) is 0.226. The van der Waals surface area contributed by atoms with Gasteiger partial charge in [-0.1, -0.05) is 11.2 Å². The number of thioether (sulfide) groups is 1. The van der Waals surface area contributed by atoms with E-state index < -0.39 is 35.2 Å². The Kier molecular flexibility index (Phi) is 7.03. The fraction of sp³-hybridized carbons (Fsp3) is 0.476. The molecule has 0 bridgehead atoms. The van der Waals surface area contributed by atoms with Gasteiger partial charge in [0.25, 0.3) is 11.8 Å². The highest BCUT2D eigenvalue weighted by molar-refractivity contribution is 8.00. The fourth-order valence-corrected chi connectivity index (χ4v) is 5.96. The van der Waals surface area contributed by atoms with Crippen LogP contribution < -0.4 is 5.32 Å². The van der Waals surface area contributed by atoms with Crippen molar-refractivity contribution in [1.82, 2.24) is 10.2 Å². The van der Waals surface area contributed by atoms with Gasteiger partial charge in [0.1, 0.15) is 29.8 Å². The minimum absolute atomic E-state index is 0.0265. The second kappa shape index (κ2) is 9.96. The number of carboxylic acids is 1. The fourth-order valence-electron chi connectivity index (χ4n) is 3.93. The van der Waals surface area contributed by atoms with Crippen LogP contribution in [0.15, 0.2) is 33.9 Å². The number of fused-ring (bicyclic) bond motifs is 1. The van der Waals surface area contributed by atoms with Gasteiger partial charge in [-0.15, -0.1) is 23.1 Å². The van der Waals surface area contributed by atoms with Crippen LogP contribution in [0.2, 0.25) is 0 Å². The summed E-state index contributed by atoms with van der Waals surface area (Å²) in [5, 5.41) is 17.7. The molecule has 0 radical (unpaired) electrons. The molecular formula is C21H23N3O7S2. The molecule has 0 spiro atoms. The molecule has 2 aliphatic heterocycles. The average molecular weight is 494 g/mol. The summed E-state index contributed by atoms with van der Waals surface area (Å²) in [6, 6.07) is 2.64. The van der Waals surface area contributed by atoms with Crippen LogP contribution >= 0.6 is 23.1 Å². The lowest BCUT2D eigenvalue weighted by Gasteiger charge is -2.49. The first-order chi connectivity index (χ1) is 15.9. The third-order valence-corrected chi connectivity index (χ3v) is 7.77. The predicted octanol–water partition coefficient (Wildman–Crippen LogP) is 1.71. The number of β-lactam (4-membered cyclic amide) rings is 1. The van der Waals surface area contributed by atoms with Gasteiger partial charge < -0.3 is 20.0 Å². The molecule has 176 valence electrons. The van der Waals surface area contributed by atoms with Gasteiger partial charge in [-0.3, -0.25) is 19.3 Å². The molecule has 2 N–H and O–H groups in total. The van der Waals surface area contributed by atoms with Crippen molar-refractivity contribution in [2.45, 2.75) is 50.1 Å². The molecule has 1 saturated carbocycles. The van der Waals surface area contributed by atoms with E-state index in [1.54, 1.807) is 12.1 Å². The Labute approximate surface area is 198 Å². The van der Waals surface area contributed by atoms with E-state index in [-0.39, 0.29) is 29.9 Å². The van der Waals surface area contributed by atoms with E-state index in [2.05, 4.69) is 10.5 Å². The lowest BCUT2D eigenvalue weighted by molar-refractivity contribution is -0.150. The molecule has 0 aromatic carbocycles. The third kappa shape index (κ3) is 4.91. The summed E-state index contributed by atoms with van der Waals surface area (Å²) in [6.45, 7) is 1.02. The molecule has 2 fully saturated rings. The number of amides is 2. The summed E-state index contributed by atoms with van der Waals surface area (Å²) < 4.78 is 4.93. The highest BCUT2D eigenvalue weighted by Gasteiger charge is 2.54. The van der Waals surface area contributed by atoms with Crippen molar-refractivity contribution in [3.05, 3.63) is 33.7 Å².